The van der Waals surface area contributed by atoms with Gasteiger partial charge in [0.1, 0.15) is 6.07 Å². The zero-order valence-corrected chi connectivity index (χ0v) is 21.8. The van der Waals surface area contributed by atoms with E-state index in [2.05, 4.69) is 27.3 Å². The Morgan fingerprint density at radius 2 is 1.82 bits per heavy atom. The summed E-state index contributed by atoms with van der Waals surface area (Å²) in [5.41, 5.74) is 7.09. The Kier molecular flexibility index (Phi) is 6.42. The van der Waals surface area contributed by atoms with Crippen LogP contribution in [0.25, 0.3) is 38.8 Å². The maximum absolute atomic E-state index is 13.6. The van der Waals surface area contributed by atoms with E-state index < -0.39 is 0 Å². The number of nitriles is 2. The van der Waals surface area contributed by atoms with Crippen LogP contribution in [0.1, 0.15) is 16.7 Å². The Bertz CT molecular complexity index is 1850. The first kappa shape index (κ1) is 24.8. The molecule has 0 atom stereocenters. The van der Waals surface area contributed by atoms with E-state index in [1.807, 2.05) is 63.5 Å². The summed E-state index contributed by atoms with van der Waals surface area (Å²) in [5.74, 6) is 0. The molecule has 188 valence electrons. The number of imidazole rings is 1. The fourth-order valence-corrected chi connectivity index (χ4v) is 4.76. The first-order valence-electron chi connectivity index (χ1n) is 12.3. The minimum absolute atomic E-state index is 0.216. The van der Waals surface area contributed by atoms with Crippen LogP contribution in [0.2, 0.25) is 0 Å². The molecule has 1 N–H and O–H groups in total. The lowest BCUT2D eigenvalue weighted by molar-refractivity contribution is 0.425. The molecule has 3 aromatic carbocycles. The zero-order valence-electron chi connectivity index (χ0n) is 21.8. The first-order chi connectivity index (χ1) is 18.3. The SMILES string of the molecule is Cc1cc(NCCN(C)C)c(C#N)cc1-n1c(=O)n(C)c2cnc3ccc(-c4cccc(C#N)c4)cc3c21. The normalized spacial score (nSPS) is 11.1. The number of nitrogens with zero attached hydrogens (tertiary/aromatic N) is 6. The lowest BCUT2D eigenvalue weighted by Gasteiger charge is -2.16. The topological polar surface area (TPSA) is 103 Å². The fourth-order valence-electron chi connectivity index (χ4n) is 4.76. The molecule has 5 aromatic rings. The van der Waals surface area contributed by atoms with Crippen LogP contribution in [0, 0.1) is 29.6 Å². The molecular formula is C30H27N7O. The highest BCUT2D eigenvalue weighted by molar-refractivity contribution is 6.04. The minimum atomic E-state index is -0.216. The Morgan fingerprint density at radius 1 is 1.03 bits per heavy atom. The lowest BCUT2D eigenvalue weighted by atomic mass is 10.0. The monoisotopic (exact) mass is 501 g/mol. The second kappa shape index (κ2) is 9.85. The summed E-state index contributed by atoms with van der Waals surface area (Å²) >= 11 is 0. The highest BCUT2D eigenvalue weighted by Crippen LogP contribution is 2.32. The van der Waals surface area contributed by atoms with Crippen molar-refractivity contribution in [2.24, 2.45) is 7.05 Å². The van der Waals surface area contributed by atoms with Crippen molar-refractivity contribution in [2.75, 3.05) is 32.5 Å². The molecule has 8 heteroatoms. The van der Waals surface area contributed by atoms with Crippen molar-refractivity contribution >= 4 is 27.6 Å². The van der Waals surface area contributed by atoms with Crippen molar-refractivity contribution < 1.29 is 0 Å². The quantitative estimate of drug-likeness (QED) is 0.366. The molecule has 0 fully saturated rings. The number of hydrogen-bond donors (Lipinski definition) is 1. The minimum Gasteiger partial charge on any atom is -0.383 e. The molecule has 0 saturated heterocycles. The number of fused-ring (bicyclic) bond motifs is 3. The largest absolute Gasteiger partial charge is 0.383 e. The van der Waals surface area contributed by atoms with Crippen molar-refractivity contribution in [3.63, 3.8) is 0 Å². The van der Waals surface area contributed by atoms with Gasteiger partial charge < -0.3 is 10.2 Å². The van der Waals surface area contributed by atoms with E-state index in [4.69, 9.17) is 0 Å². The van der Waals surface area contributed by atoms with Crippen LogP contribution in [0.5, 0.6) is 0 Å². The second-order valence-electron chi connectivity index (χ2n) is 9.62. The van der Waals surface area contributed by atoms with Crippen LogP contribution in [-0.4, -0.2) is 46.2 Å². The first-order valence-corrected chi connectivity index (χ1v) is 12.3. The molecule has 5 rings (SSSR count). The number of hydrogen-bond acceptors (Lipinski definition) is 6. The maximum atomic E-state index is 13.6. The Hall–Kier alpha value is -4.92. The lowest BCUT2D eigenvalue weighted by Crippen LogP contribution is -2.22. The Balaban J connectivity index is 1.74. The summed E-state index contributed by atoms with van der Waals surface area (Å²) in [5, 5.41) is 23.4. The van der Waals surface area contributed by atoms with Crippen molar-refractivity contribution in [2.45, 2.75) is 6.92 Å². The van der Waals surface area contributed by atoms with Gasteiger partial charge in [0, 0.05) is 25.5 Å². The summed E-state index contributed by atoms with van der Waals surface area (Å²) in [6, 6.07) is 21.5. The summed E-state index contributed by atoms with van der Waals surface area (Å²) in [6.07, 6.45) is 1.71. The van der Waals surface area contributed by atoms with Gasteiger partial charge in [0.15, 0.2) is 0 Å². The summed E-state index contributed by atoms with van der Waals surface area (Å²) in [7, 11) is 5.73. The standard InChI is InChI=1S/C30H27N7O/c1-19-12-26(33-10-11-35(2)3)23(17-32)15-27(19)37-29-24-14-22(21-7-5-6-20(13-21)16-31)8-9-25(24)34-18-28(29)36(4)30(37)38/h5-9,12-15,18,33H,10-11H2,1-4H3. The molecule has 0 aliphatic rings. The highest BCUT2D eigenvalue weighted by atomic mass is 16.1. The van der Waals surface area contributed by atoms with E-state index in [-0.39, 0.29) is 5.69 Å². The number of nitrogens with one attached hydrogen (secondary N) is 1. The van der Waals surface area contributed by atoms with Gasteiger partial charge in [-0.1, -0.05) is 18.2 Å². The molecule has 8 nitrogen and oxygen atoms in total. The summed E-state index contributed by atoms with van der Waals surface area (Å²) in [4.78, 5) is 20.3. The number of rotatable bonds is 6. The van der Waals surface area contributed by atoms with Gasteiger partial charge in [0.05, 0.1) is 51.3 Å². The molecule has 2 heterocycles. The molecule has 0 spiro atoms. The Labute approximate surface area is 220 Å². The molecular weight excluding hydrogens is 474 g/mol. The molecule has 38 heavy (non-hydrogen) atoms. The van der Waals surface area contributed by atoms with Gasteiger partial charge in [-0.2, -0.15) is 10.5 Å². The van der Waals surface area contributed by atoms with Crippen LogP contribution in [0.3, 0.4) is 0 Å². The smallest absolute Gasteiger partial charge is 0.333 e. The molecule has 0 bridgehead atoms. The van der Waals surface area contributed by atoms with E-state index >= 15 is 0 Å². The molecule has 0 radical (unpaired) electrons. The number of pyridine rings is 1. The van der Waals surface area contributed by atoms with Gasteiger partial charge in [0.25, 0.3) is 0 Å². The van der Waals surface area contributed by atoms with Crippen LogP contribution >= 0.6 is 0 Å². The summed E-state index contributed by atoms with van der Waals surface area (Å²) < 4.78 is 3.26. The molecule has 0 aliphatic heterocycles. The number of aromatic nitrogens is 3. The van der Waals surface area contributed by atoms with Crippen molar-refractivity contribution in [1.29, 1.82) is 10.5 Å². The van der Waals surface area contributed by atoms with Gasteiger partial charge in [-0.3, -0.25) is 14.1 Å². The van der Waals surface area contributed by atoms with Crippen molar-refractivity contribution in [3.05, 3.63) is 88.0 Å². The van der Waals surface area contributed by atoms with Gasteiger partial charge in [-0.05, 0) is 74.1 Å². The predicted molar refractivity (Wildman–Crippen MR) is 150 cm³/mol. The number of aryl methyl sites for hydroxylation is 2. The van der Waals surface area contributed by atoms with E-state index in [1.165, 1.54) is 0 Å². The van der Waals surface area contributed by atoms with Crippen LogP contribution < -0.4 is 11.0 Å². The van der Waals surface area contributed by atoms with E-state index in [0.717, 1.165) is 45.3 Å². The van der Waals surface area contributed by atoms with E-state index in [1.54, 1.807) is 34.5 Å². The van der Waals surface area contributed by atoms with Crippen molar-refractivity contribution in [1.82, 2.24) is 19.0 Å². The maximum Gasteiger partial charge on any atom is 0.333 e. The Morgan fingerprint density at radius 3 is 2.55 bits per heavy atom. The summed E-state index contributed by atoms with van der Waals surface area (Å²) in [6.45, 7) is 3.47. The van der Waals surface area contributed by atoms with E-state index in [9.17, 15) is 15.3 Å². The number of anilines is 1. The second-order valence-corrected chi connectivity index (χ2v) is 9.62. The zero-order chi connectivity index (χ0) is 27.0. The average Bonchev–Trinajstić information content (AvgIpc) is 3.18. The molecule has 0 unspecified atom stereocenters. The van der Waals surface area contributed by atoms with Gasteiger partial charge in [-0.25, -0.2) is 4.79 Å². The van der Waals surface area contributed by atoms with Crippen LogP contribution in [0.4, 0.5) is 5.69 Å². The average molecular weight is 502 g/mol. The number of benzene rings is 3. The van der Waals surface area contributed by atoms with Gasteiger partial charge in [0.2, 0.25) is 0 Å². The van der Waals surface area contributed by atoms with Gasteiger partial charge >= 0.3 is 5.69 Å². The van der Waals surface area contributed by atoms with E-state index in [0.29, 0.717) is 28.9 Å². The fraction of sp³-hybridized carbons (Fsp3) is 0.200. The third-order valence-corrected chi connectivity index (χ3v) is 6.78. The van der Waals surface area contributed by atoms with Gasteiger partial charge in [-0.15, -0.1) is 0 Å². The third kappa shape index (κ3) is 4.28. The highest BCUT2D eigenvalue weighted by Gasteiger charge is 2.19. The third-order valence-electron chi connectivity index (χ3n) is 6.78. The molecule has 0 amide bonds. The van der Waals surface area contributed by atoms with Crippen molar-refractivity contribution in [3.8, 4) is 29.0 Å². The number of likely N-dealkylation sites (N-methyl/N-ethyl adjacent to an activating group) is 1. The van der Waals surface area contributed by atoms with Crippen LogP contribution in [0.15, 0.2) is 65.6 Å². The predicted octanol–water partition coefficient (Wildman–Crippen LogP) is 4.57. The molecule has 0 saturated carbocycles. The molecule has 2 aromatic heterocycles. The molecule has 0 aliphatic carbocycles. The van der Waals surface area contributed by atoms with Crippen LogP contribution in [-0.2, 0) is 7.05 Å².